The minimum absolute atomic E-state index is 0. The van der Waals surface area contributed by atoms with Gasteiger partial charge in [0.25, 0.3) is 0 Å². The molecule has 1 nitrogen and oxygen atoms in total. The molecule has 0 fully saturated rings. The minimum Gasteiger partial charge on any atom is -0.693 e. The van der Waals surface area contributed by atoms with Crippen LogP contribution in [0.5, 0.6) is 0 Å². The molecule has 0 atom stereocenters. The molecule has 0 saturated heterocycles. The molecular weight excluding hydrogens is 175 g/mol. The molecule has 0 aliphatic heterocycles. The molecule has 0 aromatic rings. The Bertz CT molecular complexity index is 8.04. The molecule has 0 rings (SSSR count). The Morgan fingerprint density at radius 2 is 0.429 bits per heavy atom. The maximum Gasteiger partial charge on any atom is 6.00 e. The third-order valence-corrected chi connectivity index (χ3v) is 0. The van der Waals surface area contributed by atoms with Crippen molar-refractivity contribution in [2.24, 2.45) is 0 Å². The van der Waals surface area contributed by atoms with E-state index in [1.165, 1.54) is 0 Å². The fourth-order valence-electron chi connectivity index (χ4n) is 0. The van der Waals surface area contributed by atoms with Crippen molar-refractivity contribution in [2.75, 3.05) is 0 Å². The Kier molecular flexibility index (Phi) is 83200. The third kappa shape index (κ3) is 406. The number of rotatable bonds is 0. The van der Waals surface area contributed by atoms with Crippen molar-refractivity contribution in [2.45, 2.75) is 0 Å². The summed E-state index contributed by atoms with van der Waals surface area (Å²) in [6.45, 7) is 0. The number of hydrogen-bond donors (Lipinski definition) is 0. The molecule has 0 spiro atoms. The van der Waals surface area contributed by atoms with E-state index >= 15 is 0 Å². The van der Waals surface area contributed by atoms with Gasteiger partial charge >= 0.3 is 19.5 Å². The Hall–Kier alpha value is 0.583. The van der Waals surface area contributed by atoms with Gasteiger partial charge in [0.15, 0.2) is 0 Å². The van der Waals surface area contributed by atoms with Crippen molar-refractivity contribution in [1.82, 2.24) is 0 Å². The maximum atomic E-state index is 0. The van der Waals surface area contributed by atoms with Gasteiger partial charge in [0.05, 0.1) is 0 Å². The summed E-state index contributed by atoms with van der Waals surface area (Å²) in [5.41, 5.74) is 0. The first-order valence-corrected chi connectivity index (χ1v) is 0. The topological polar surface area (TPSA) is 33.5 Å². The van der Waals surface area contributed by atoms with Crippen LogP contribution in [0.25, 0.3) is 6.15 Å². The third-order valence-electron chi connectivity index (χ3n) is 0. The normalized spacial score (nSPS) is 0. The van der Waals surface area contributed by atoms with Gasteiger partial charge in [-0.2, -0.15) is 0 Å². The molecule has 2 heteroatoms. The zero-order valence-corrected chi connectivity index (χ0v) is 7.67. The monoisotopic (exact) mass is 193 g/mol. The molecule has 0 saturated carbocycles. The summed E-state index contributed by atoms with van der Waals surface area (Å²) in [7, 11) is 0. The van der Waals surface area contributed by atoms with E-state index in [2.05, 4.69) is 0 Å². The van der Waals surface area contributed by atoms with Crippen LogP contribution in [0.4, 0.5) is 0 Å². The van der Waals surface area contributed by atoms with Crippen LogP contribution in [0, 0.1) is 37.1 Å². The molecule has 0 bridgehead atoms. The Morgan fingerprint density at radius 3 is 0.429 bits per heavy atom. The molecular formula is C5H17NRu. The second kappa shape index (κ2) is 603. The van der Waals surface area contributed by atoms with E-state index in [4.69, 9.17) is 0 Å². The Balaban J connectivity index is 0. The van der Waals surface area contributed by atoms with Crippen molar-refractivity contribution >= 4 is 0 Å². The van der Waals surface area contributed by atoms with Gasteiger partial charge < -0.3 is 43.3 Å². The van der Waals surface area contributed by atoms with Crippen molar-refractivity contribution in [3.05, 3.63) is 43.3 Å². The smallest absolute Gasteiger partial charge is 0.693 e. The van der Waals surface area contributed by atoms with Gasteiger partial charge in [-0.3, -0.25) is 0 Å². The quantitative estimate of drug-likeness (QED) is 0.417. The summed E-state index contributed by atoms with van der Waals surface area (Å²) >= 11 is 0. The summed E-state index contributed by atoms with van der Waals surface area (Å²) in [6.07, 6.45) is 0. The number of nitrogens with two attached hydrogens (primary N) is 1. The maximum absolute atomic E-state index is 0. The van der Waals surface area contributed by atoms with E-state index in [1.807, 2.05) is 0 Å². The molecule has 2 N–H and O–H groups in total. The zero-order chi connectivity index (χ0) is 0. The Morgan fingerprint density at radius 1 is 0.429 bits per heavy atom. The average Bonchev–Trinajstić information content (AvgIpc) is 0. The first-order chi connectivity index (χ1) is 0. The predicted molar refractivity (Wildman–Crippen MR) is 37.4 cm³/mol. The molecule has 0 heterocycles. The van der Waals surface area contributed by atoms with Gasteiger partial charge in [-0.25, -0.2) is 0 Å². The minimum atomic E-state index is 0. The van der Waals surface area contributed by atoms with Crippen LogP contribution in [0.1, 0.15) is 0 Å². The van der Waals surface area contributed by atoms with E-state index in [0.717, 1.165) is 0 Å². The summed E-state index contributed by atoms with van der Waals surface area (Å²) in [4.78, 5) is 0. The molecule has 0 unspecified atom stereocenters. The molecule has 0 aliphatic carbocycles. The molecule has 7 heavy (non-hydrogen) atoms. The van der Waals surface area contributed by atoms with Crippen molar-refractivity contribution in [1.29, 1.82) is 0 Å². The van der Waals surface area contributed by atoms with Crippen molar-refractivity contribution in [3.63, 3.8) is 0 Å². The van der Waals surface area contributed by atoms with E-state index in [1.54, 1.807) is 0 Å². The first-order valence-electron chi connectivity index (χ1n) is 0. The van der Waals surface area contributed by atoms with Crippen LogP contribution < -0.4 is 0 Å². The van der Waals surface area contributed by atoms with Crippen LogP contribution in [0.15, 0.2) is 0 Å². The fraction of sp³-hybridized carbons (Fsp3) is 0. The van der Waals surface area contributed by atoms with E-state index in [-0.39, 0.29) is 62.8 Å². The van der Waals surface area contributed by atoms with Crippen LogP contribution in [0.2, 0.25) is 0 Å². The van der Waals surface area contributed by atoms with Crippen LogP contribution in [0.3, 0.4) is 0 Å². The fourth-order valence-corrected chi connectivity index (χ4v) is 0. The first kappa shape index (κ1) is 966. The van der Waals surface area contributed by atoms with Gasteiger partial charge in [0.2, 0.25) is 0 Å². The largest absolute Gasteiger partial charge is 6.00 e. The van der Waals surface area contributed by atoms with Gasteiger partial charge in [-0.1, -0.05) is 0 Å². The SMILES string of the molecule is [CH3-].[CH3-].[CH3-].[CH3-].[CH3-].[NH2-].[Ru+6]. The zero-order valence-electron chi connectivity index (χ0n) is 5.93. The van der Waals surface area contributed by atoms with E-state index in [9.17, 15) is 0 Å². The summed E-state index contributed by atoms with van der Waals surface area (Å²) in [5, 5.41) is 0. The predicted octanol–water partition coefficient (Wildman–Crippen LogP) is 2.97. The molecule has 0 radical (unpaired) electrons. The standard InChI is InChI=1S/5CH3.H2N.Ru/h5*1H3;1H2;/q6*-1;+6. The van der Waals surface area contributed by atoms with Crippen LogP contribution in [-0.2, 0) is 19.5 Å². The van der Waals surface area contributed by atoms with Crippen LogP contribution >= 0.6 is 0 Å². The summed E-state index contributed by atoms with van der Waals surface area (Å²) < 4.78 is 0. The van der Waals surface area contributed by atoms with Gasteiger partial charge in [0, 0.05) is 0 Å². The molecule has 0 aromatic carbocycles. The van der Waals surface area contributed by atoms with Gasteiger partial charge in [-0.05, 0) is 0 Å². The summed E-state index contributed by atoms with van der Waals surface area (Å²) in [5.74, 6) is 0. The molecule has 0 amide bonds. The second-order valence-electron chi connectivity index (χ2n) is 0. The van der Waals surface area contributed by atoms with Crippen LogP contribution in [-0.4, -0.2) is 0 Å². The molecule has 50 valence electrons. The Labute approximate surface area is 63.2 Å². The molecule has 0 aromatic heterocycles. The van der Waals surface area contributed by atoms with Gasteiger partial charge in [-0.15, -0.1) is 0 Å². The summed E-state index contributed by atoms with van der Waals surface area (Å²) in [6, 6.07) is 0. The average molecular weight is 192 g/mol. The van der Waals surface area contributed by atoms with Crippen molar-refractivity contribution < 1.29 is 19.5 Å². The van der Waals surface area contributed by atoms with E-state index in [0.29, 0.717) is 0 Å². The van der Waals surface area contributed by atoms with Crippen molar-refractivity contribution in [3.8, 4) is 0 Å². The van der Waals surface area contributed by atoms with Gasteiger partial charge in [0.1, 0.15) is 0 Å². The van der Waals surface area contributed by atoms with E-state index < -0.39 is 0 Å². The number of hydrogen-bond acceptors (Lipinski definition) is 0. The second-order valence-corrected chi connectivity index (χ2v) is 0. The molecule has 0 aliphatic rings.